The van der Waals surface area contributed by atoms with E-state index in [-0.39, 0.29) is 11.7 Å². The summed E-state index contributed by atoms with van der Waals surface area (Å²) in [4.78, 5) is 13.0. The van der Waals surface area contributed by atoms with Gasteiger partial charge in [0.05, 0.1) is 25.2 Å². The van der Waals surface area contributed by atoms with Crippen molar-refractivity contribution in [2.24, 2.45) is 5.10 Å². The molecule has 0 radical (unpaired) electrons. The summed E-state index contributed by atoms with van der Waals surface area (Å²) in [5, 5.41) is 17.8. The number of hydrogen-bond acceptors (Lipinski definition) is 5. The van der Waals surface area contributed by atoms with Gasteiger partial charge in [-0.3, -0.25) is 4.79 Å². The van der Waals surface area contributed by atoms with E-state index in [1.165, 1.54) is 6.21 Å². The highest BCUT2D eigenvalue weighted by atomic mass is 16.5. The molecule has 0 spiro atoms. The quantitative estimate of drug-likeness (QED) is 0.256. The van der Waals surface area contributed by atoms with Gasteiger partial charge in [-0.15, -0.1) is 0 Å². The molecule has 0 saturated heterocycles. The van der Waals surface area contributed by atoms with Crippen LogP contribution in [0.2, 0.25) is 0 Å². The summed E-state index contributed by atoms with van der Waals surface area (Å²) in [6.07, 6.45) is 6.82. The summed E-state index contributed by atoms with van der Waals surface area (Å²) in [5.41, 5.74) is 6.14. The lowest BCUT2D eigenvalue weighted by molar-refractivity contribution is -0.115. The Balaban J connectivity index is 1.61. The van der Waals surface area contributed by atoms with Crippen LogP contribution in [0.3, 0.4) is 0 Å². The van der Waals surface area contributed by atoms with Crippen LogP contribution in [0.4, 0.5) is 0 Å². The molecule has 0 atom stereocenters. The number of hydrazone groups is 1. The average Bonchev–Trinajstić information content (AvgIpc) is 3.33. The van der Waals surface area contributed by atoms with Crippen molar-refractivity contribution in [3.63, 3.8) is 0 Å². The highest BCUT2D eigenvalue weighted by Crippen LogP contribution is 2.22. The van der Waals surface area contributed by atoms with Gasteiger partial charge >= 0.3 is 0 Å². The highest BCUT2D eigenvalue weighted by Gasteiger charge is 2.13. The van der Waals surface area contributed by atoms with Crippen molar-refractivity contribution in [3.8, 4) is 17.2 Å². The first-order chi connectivity index (χ1) is 16.1. The predicted octanol–water partition coefficient (Wildman–Crippen LogP) is 4.28. The van der Waals surface area contributed by atoms with Crippen LogP contribution in [-0.4, -0.2) is 34.1 Å². The number of rotatable bonds is 7. The third-order valence-electron chi connectivity index (χ3n) is 4.85. The van der Waals surface area contributed by atoms with Gasteiger partial charge in [0.1, 0.15) is 11.5 Å². The average molecular weight is 438 g/mol. The molecule has 2 N–H and O–H groups in total. The van der Waals surface area contributed by atoms with E-state index in [2.05, 4.69) is 15.6 Å². The predicted molar refractivity (Wildman–Crippen MR) is 128 cm³/mol. The molecule has 7 nitrogen and oxygen atoms in total. The number of hydrogen-bond donors (Lipinski definition) is 2. The van der Waals surface area contributed by atoms with E-state index in [1.807, 2.05) is 48.7 Å². The van der Waals surface area contributed by atoms with Crippen LogP contribution in [-0.2, 0) is 4.79 Å². The monoisotopic (exact) mass is 438 g/mol. The van der Waals surface area contributed by atoms with Crippen molar-refractivity contribution in [1.82, 2.24) is 15.2 Å². The molecule has 1 heterocycles. The van der Waals surface area contributed by atoms with Crippen molar-refractivity contribution in [3.05, 3.63) is 108 Å². The Labute approximate surface area is 191 Å². The number of carbonyl (C=O) groups is 1. The first-order valence-electron chi connectivity index (χ1n) is 10.2. The lowest BCUT2D eigenvalue weighted by Gasteiger charge is -2.07. The van der Waals surface area contributed by atoms with Crippen LogP contribution in [0.25, 0.3) is 17.3 Å². The van der Waals surface area contributed by atoms with E-state index in [4.69, 9.17) is 4.74 Å². The molecular weight excluding hydrogens is 416 g/mol. The van der Waals surface area contributed by atoms with Crippen LogP contribution < -0.4 is 10.2 Å². The molecule has 0 unspecified atom stereocenters. The minimum absolute atomic E-state index is 0.164. The van der Waals surface area contributed by atoms with Gasteiger partial charge in [0, 0.05) is 17.3 Å². The number of aromatic hydroxyl groups is 1. The molecule has 0 aliphatic carbocycles. The molecule has 7 heteroatoms. The normalized spacial score (nSPS) is 11.5. The lowest BCUT2D eigenvalue weighted by Crippen LogP contribution is -2.19. The van der Waals surface area contributed by atoms with E-state index >= 15 is 0 Å². The summed E-state index contributed by atoms with van der Waals surface area (Å²) in [5.74, 6) is 0.486. The number of benzene rings is 3. The van der Waals surface area contributed by atoms with Crippen molar-refractivity contribution < 1.29 is 14.6 Å². The Morgan fingerprint density at radius 3 is 2.42 bits per heavy atom. The Hall–Kier alpha value is -4.65. The molecular formula is C26H22N4O3. The number of para-hydroxylation sites is 1. The zero-order valence-corrected chi connectivity index (χ0v) is 17.9. The SMILES string of the molecule is COc1ccc(/C(=C\c2cnn(-c3ccccc3)c2)C(=O)N/N=C/c2ccc(O)cc2)cc1. The number of nitrogens with zero attached hydrogens (tertiary/aromatic N) is 3. The molecule has 0 aliphatic heterocycles. The number of amides is 1. The molecule has 0 saturated carbocycles. The molecule has 4 aromatic rings. The summed E-state index contributed by atoms with van der Waals surface area (Å²) in [6.45, 7) is 0. The maximum atomic E-state index is 13.0. The van der Waals surface area contributed by atoms with E-state index in [0.29, 0.717) is 16.9 Å². The second kappa shape index (κ2) is 10.1. The topological polar surface area (TPSA) is 88.7 Å². The van der Waals surface area contributed by atoms with Crippen LogP contribution in [0.1, 0.15) is 16.7 Å². The lowest BCUT2D eigenvalue weighted by atomic mass is 10.0. The number of carbonyl (C=O) groups excluding carboxylic acids is 1. The third-order valence-corrected chi connectivity index (χ3v) is 4.85. The van der Waals surface area contributed by atoms with E-state index in [0.717, 1.165) is 16.8 Å². The number of phenols is 1. The highest BCUT2D eigenvalue weighted by molar-refractivity contribution is 6.24. The minimum Gasteiger partial charge on any atom is -0.508 e. The van der Waals surface area contributed by atoms with Crippen molar-refractivity contribution in [2.45, 2.75) is 0 Å². The molecule has 0 fully saturated rings. The maximum absolute atomic E-state index is 13.0. The van der Waals surface area contributed by atoms with E-state index in [1.54, 1.807) is 60.5 Å². The van der Waals surface area contributed by atoms with Crippen LogP contribution in [0.5, 0.6) is 11.5 Å². The molecule has 1 aromatic heterocycles. The second-order valence-corrected chi connectivity index (χ2v) is 7.13. The van der Waals surface area contributed by atoms with Gasteiger partial charge in [-0.25, -0.2) is 10.1 Å². The van der Waals surface area contributed by atoms with Gasteiger partial charge in [-0.05, 0) is 65.7 Å². The van der Waals surface area contributed by atoms with Gasteiger partial charge in [-0.2, -0.15) is 10.2 Å². The van der Waals surface area contributed by atoms with E-state index in [9.17, 15) is 9.90 Å². The van der Waals surface area contributed by atoms with Gasteiger partial charge in [0.25, 0.3) is 5.91 Å². The number of aromatic nitrogens is 2. The zero-order valence-electron chi connectivity index (χ0n) is 17.9. The Kier molecular flexibility index (Phi) is 6.61. The molecule has 164 valence electrons. The Bertz CT molecular complexity index is 1280. The van der Waals surface area contributed by atoms with Gasteiger partial charge in [0.15, 0.2) is 0 Å². The smallest absolute Gasteiger partial charge is 0.271 e. The number of nitrogens with one attached hydrogen (secondary N) is 1. The first-order valence-corrected chi connectivity index (χ1v) is 10.2. The fourth-order valence-electron chi connectivity index (χ4n) is 3.14. The maximum Gasteiger partial charge on any atom is 0.271 e. The van der Waals surface area contributed by atoms with Crippen molar-refractivity contribution >= 4 is 23.8 Å². The van der Waals surface area contributed by atoms with Crippen molar-refractivity contribution in [1.29, 1.82) is 0 Å². The number of ether oxygens (including phenoxy) is 1. The molecule has 0 aliphatic rings. The number of methoxy groups -OCH3 is 1. The standard InChI is InChI=1S/C26H22N4O3/c1-33-24-13-9-21(10-14-24)25(26(32)29-27-16-19-7-11-23(31)12-8-19)15-20-17-28-30(18-20)22-5-3-2-4-6-22/h2-18,31H,1H3,(H,29,32)/b25-15+,27-16+. The second-order valence-electron chi connectivity index (χ2n) is 7.13. The number of phenolic OH excluding ortho intramolecular Hbond substituents is 1. The fraction of sp³-hybridized carbons (Fsp3) is 0.0385. The summed E-state index contributed by atoms with van der Waals surface area (Å²) in [6, 6.07) is 23.4. The minimum atomic E-state index is -0.373. The summed E-state index contributed by atoms with van der Waals surface area (Å²) < 4.78 is 6.98. The van der Waals surface area contributed by atoms with Crippen LogP contribution in [0, 0.1) is 0 Å². The van der Waals surface area contributed by atoms with E-state index < -0.39 is 0 Å². The Morgan fingerprint density at radius 1 is 1.00 bits per heavy atom. The van der Waals surface area contributed by atoms with Gasteiger partial charge < -0.3 is 9.84 Å². The first kappa shape index (κ1) is 21.6. The van der Waals surface area contributed by atoms with Gasteiger partial charge in [-0.1, -0.05) is 30.3 Å². The summed E-state index contributed by atoms with van der Waals surface area (Å²) in [7, 11) is 1.59. The third kappa shape index (κ3) is 5.54. The molecule has 1 amide bonds. The van der Waals surface area contributed by atoms with Crippen LogP contribution >= 0.6 is 0 Å². The fourth-order valence-corrected chi connectivity index (χ4v) is 3.14. The molecule has 4 rings (SSSR count). The van der Waals surface area contributed by atoms with Gasteiger partial charge in [0.2, 0.25) is 0 Å². The van der Waals surface area contributed by atoms with Crippen LogP contribution in [0.15, 0.2) is 96.4 Å². The zero-order chi connectivity index (χ0) is 23.0. The largest absolute Gasteiger partial charge is 0.508 e. The molecule has 3 aromatic carbocycles. The Morgan fingerprint density at radius 2 is 1.73 bits per heavy atom. The summed E-state index contributed by atoms with van der Waals surface area (Å²) >= 11 is 0. The molecule has 0 bridgehead atoms. The van der Waals surface area contributed by atoms with Crippen molar-refractivity contribution in [2.75, 3.05) is 7.11 Å². The molecule has 33 heavy (non-hydrogen) atoms.